The van der Waals surface area contributed by atoms with Crippen LogP contribution in [-0.2, 0) is 0 Å². The van der Waals surface area contributed by atoms with Gasteiger partial charge in [-0.05, 0) is 31.7 Å². The minimum Gasteiger partial charge on any atom is -0.324 e. The number of benzene rings is 1. The third-order valence-electron chi connectivity index (χ3n) is 2.96. The van der Waals surface area contributed by atoms with Gasteiger partial charge in [0.1, 0.15) is 0 Å². The molecule has 2 rings (SSSR count). The van der Waals surface area contributed by atoms with Crippen molar-refractivity contribution in [2.24, 2.45) is 11.7 Å². The Bertz CT molecular complexity index is 311. The van der Waals surface area contributed by atoms with Gasteiger partial charge in [-0.15, -0.1) is 12.4 Å². The molecule has 0 heterocycles. The van der Waals surface area contributed by atoms with Gasteiger partial charge in [-0.3, -0.25) is 0 Å². The predicted octanol–water partition coefficient (Wildman–Crippen LogP) is 3.53. The molecule has 1 saturated carbocycles. The van der Waals surface area contributed by atoms with E-state index in [4.69, 9.17) is 5.73 Å². The van der Waals surface area contributed by atoms with Crippen LogP contribution in [0.5, 0.6) is 0 Å². The molecular weight excluding hydrogens is 206 g/mol. The van der Waals surface area contributed by atoms with E-state index in [1.807, 2.05) is 0 Å². The molecule has 0 amide bonds. The number of rotatable bonds is 3. The van der Waals surface area contributed by atoms with Crippen LogP contribution in [0.3, 0.4) is 0 Å². The Hall–Kier alpha value is -0.530. The number of hydrogen-bond acceptors (Lipinski definition) is 1. The second kappa shape index (κ2) is 5.00. The molecule has 0 aromatic heterocycles. The van der Waals surface area contributed by atoms with Gasteiger partial charge in [-0.1, -0.05) is 42.2 Å². The maximum Gasteiger partial charge on any atom is 0.0297 e. The van der Waals surface area contributed by atoms with Crippen molar-refractivity contribution in [3.8, 4) is 0 Å². The molecule has 2 heteroatoms. The highest BCUT2D eigenvalue weighted by molar-refractivity contribution is 5.85. The first kappa shape index (κ1) is 12.5. The Morgan fingerprint density at radius 2 is 1.73 bits per heavy atom. The van der Waals surface area contributed by atoms with Gasteiger partial charge < -0.3 is 5.73 Å². The van der Waals surface area contributed by atoms with Gasteiger partial charge in [0.25, 0.3) is 0 Å². The minimum absolute atomic E-state index is 0. The van der Waals surface area contributed by atoms with Crippen LogP contribution in [0.2, 0.25) is 0 Å². The fourth-order valence-corrected chi connectivity index (χ4v) is 2.07. The second-order valence-electron chi connectivity index (χ2n) is 4.71. The molecule has 0 saturated heterocycles. The Balaban J connectivity index is 0.00000112. The fourth-order valence-electron chi connectivity index (χ4n) is 2.07. The van der Waals surface area contributed by atoms with Crippen molar-refractivity contribution >= 4 is 12.4 Å². The van der Waals surface area contributed by atoms with Crippen molar-refractivity contribution in [2.45, 2.75) is 39.2 Å². The van der Waals surface area contributed by atoms with E-state index in [1.165, 1.54) is 36.0 Å². The summed E-state index contributed by atoms with van der Waals surface area (Å²) in [6.45, 7) is 4.28. The molecule has 0 spiro atoms. The first-order valence-electron chi connectivity index (χ1n) is 5.49. The molecule has 1 nitrogen and oxygen atoms in total. The quantitative estimate of drug-likeness (QED) is 0.837. The summed E-state index contributed by atoms with van der Waals surface area (Å²) >= 11 is 0. The van der Waals surface area contributed by atoms with Crippen LogP contribution in [0.4, 0.5) is 0 Å². The van der Waals surface area contributed by atoms with E-state index >= 15 is 0 Å². The monoisotopic (exact) mass is 225 g/mol. The first-order valence-corrected chi connectivity index (χ1v) is 5.49. The molecule has 0 aliphatic heterocycles. The first-order chi connectivity index (χ1) is 6.65. The van der Waals surface area contributed by atoms with Crippen molar-refractivity contribution in [3.05, 3.63) is 34.9 Å². The molecule has 1 aliphatic rings. The van der Waals surface area contributed by atoms with Gasteiger partial charge in [0, 0.05) is 6.04 Å². The van der Waals surface area contributed by atoms with E-state index in [0.717, 1.165) is 5.92 Å². The molecule has 0 unspecified atom stereocenters. The Morgan fingerprint density at radius 1 is 1.20 bits per heavy atom. The van der Waals surface area contributed by atoms with Crippen molar-refractivity contribution in [1.29, 1.82) is 0 Å². The zero-order valence-electron chi connectivity index (χ0n) is 9.49. The summed E-state index contributed by atoms with van der Waals surface area (Å²) in [6, 6.07) is 6.90. The van der Waals surface area contributed by atoms with Crippen molar-refractivity contribution in [2.75, 3.05) is 0 Å². The summed E-state index contributed by atoms with van der Waals surface area (Å²) in [5.74, 6) is 0.908. The van der Waals surface area contributed by atoms with Crippen LogP contribution in [0.1, 0.15) is 42.0 Å². The smallest absolute Gasteiger partial charge is 0.0297 e. The summed E-state index contributed by atoms with van der Waals surface area (Å²) in [4.78, 5) is 0. The average molecular weight is 226 g/mol. The third kappa shape index (κ3) is 3.51. The lowest BCUT2D eigenvalue weighted by molar-refractivity contribution is 0.596. The summed E-state index contributed by atoms with van der Waals surface area (Å²) in [7, 11) is 0. The highest BCUT2D eigenvalue weighted by Crippen LogP contribution is 2.36. The van der Waals surface area contributed by atoms with E-state index < -0.39 is 0 Å². The van der Waals surface area contributed by atoms with Gasteiger partial charge >= 0.3 is 0 Å². The molecular formula is C13H20ClN. The SMILES string of the molecule is Cc1cc(C)cc([C@H](N)CC2CC2)c1.Cl. The lowest BCUT2D eigenvalue weighted by Gasteiger charge is -2.13. The average Bonchev–Trinajstić information content (AvgIpc) is 2.86. The Labute approximate surface area is 98.5 Å². The standard InChI is InChI=1S/C13H19N.ClH/c1-9-5-10(2)7-12(6-9)13(14)8-11-3-4-11;/h5-7,11,13H,3-4,8,14H2,1-2H3;1H/t13-;/m1./s1. The zero-order chi connectivity index (χ0) is 10.1. The highest BCUT2D eigenvalue weighted by Gasteiger charge is 2.24. The van der Waals surface area contributed by atoms with Crippen molar-refractivity contribution in [1.82, 2.24) is 0 Å². The van der Waals surface area contributed by atoms with E-state index in [9.17, 15) is 0 Å². The minimum atomic E-state index is 0. The number of aryl methyl sites for hydroxylation is 2. The molecule has 1 aromatic rings. The second-order valence-corrected chi connectivity index (χ2v) is 4.71. The lowest BCUT2D eigenvalue weighted by Crippen LogP contribution is -2.11. The van der Waals surface area contributed by atoms with E-state index in [1.54, 1.807) is 0 Å². The zero-order valence-corrected chi connectivity index (χ0v) is 10.3. The van der Waals surface area contributed by atoms with Crippen LogP contribution in [0.15, 0.2) is 18.2 Å². The maximum absolute atomic E-state index is 6.17. The maximum atomic E-state index is 6.17. The van der Waals surface area contributed by atoms with Crippen LogP contribution >= 0.6 is 12.4 Å². The molecule has 1 fully saturated rings. The van der Waals surface area contributed by atoms with Gasteiger partial charge in [0.15, 0.2) is 0 Å². The van der Waals surface area contributed by atoms with Crippen molar-refractivity contribution < 1.29 is 0 Å². The molecule has 1 aliphatic carbocycles. The Morgan fingerprint density at radius 3 is 2.20 bits per heavy atom. The van der Waals surface area contributed by atoms with Gasteiger partial charge in [0.2, 0.25) is 0 Å². The molecule has 1 atom stereocenters. The molecule has 1 aromatic carbocycles. The summed E-state index contributed by atoms with van der Waals surface area (Å²) in [5, 5.41) is 0. The third-order valence-corrected chi connectivity index (χ3v) is 2.96. The number of nitrogens with two attached hydrogens (primary N) is 1. The topological polar surface area (TPSA) is 26.0 Å². The van der Waals surface area contributed by atoms with Gasteiger partial charge in [-0.25, -0.2) is 0 Å². The van der Waals surface area contributed by atoms with Gasteiger partial charge in [-0.2, -0.15) is 0 Å². The normalized spacial score (nSPS) is 17.0. The van der Waals surface area contributed by atoms with Gasteiger partial charge in [0.05, 0.1) is 0 Å². The molecule has 84 valence electrons. The van der Waals surface area contributed by atoms with Crippen LogP contribution in [0.25, 0.3) is 0 Å². The highest BCUT2D eigenvalue weighted by atomic mass is 35.5. The van der Waals surface area contributed by atoms with Crippen LogP contribution in [0, 0.1) is 19.8 Å². The summed E-state index contributed by atoms with van der Waals surface area (Å²) in [5.41, 5.74) is 10.1. The lowest BCUT2D eigenvalue weighted by atomic mass is 9.98. The fraction of sp³-hybridized carbons (Fsp3) is 0.538. The molecule has 0 radical (unpaired) electrons. The van der Waals surface area contributed by atoms with E-state index in [2.05, 4.69) is 32.0 Å². The largest absolute Gasteiger partial charge is 0.324 e. The Kier molecular flexibility index (Phi) is 4.18. The molecule has 2 N–H and O–H groups in total. The summed E-state index contributed by atoms with van der Waals surface area (Å²) in [6.07, 6.45) is 3.94. The molecule has 15 heavy (non-hydrogen) atoms. The molecule has 0 bridgehead atoms. The van der Waals surface area contributed by atoms with E-state index in [0.29, 0.717) is 0 Å². The number of hydrogen-bond donors (Lipinski definition) is 1. The predicted molar refractivity (Wildman–Crippen MR) is 67.4 cm³/mol. The summed E-state index contributed by atoms with van der Waals surface area (Å²) < 4.78 is 0. The van der Waals surface area contributed by atoms with Crippen LogP contribution in [-0.4, -0.2) is 0 Å². The van der Waals surface area contributed by atoms with E-state index in [-0.39, 0.29) is 18.4 Å². The number of halogens is 1. The van der Waals surface area contributed by atoms with Crippen molar-refractivity contribution in [3.63, 3.8) is 0 Å². The van der Waals surface area contributed by atoms with Crippen LogP contribution < -0.4 is 5.73 Å².